The van der Waals surface area contributed by atoms with Crippen LogP contribution in [0.2, 0.25) is 0 Å². The number of hydrogen-bond acceptors (Lipinski definition) is 3. The first-order valence-electron chi connectivity index (χ1n) is 8.73. The van der Waals surface area contributed by atoms with E-state index in [0.717, 1.165) is 6.07 Å². The minimum absolute atomic E-state index is 0.199. The number of carbonyl (C=O) groups excluding carboxylic acids is 2. The van der Waals surface area contributed by atoms with E-state index < -0.39 is 23.5 Å². The zero-order valence-corrected chi connectivity index (χ0v) is 15.6. The van der Waals surface area contributed by atoms with Crippen LogP contribution in [0.25, 0.3) is 0 Å². The Hall–Kier alpha value is -2.94. The zero-order valence-electron chi connectivity index (χ0n) is 15.6. The van der Waals surface area contributed by atoms with Crippen LogP contribution in [0.15, 0.2) is 36.4 Å². The van der Waals surface area contributed by atoms with Gasteiger partial charge in [0, 0.05) is 36.0 Å². The van der Waals surface area contributed by atoms with Gasteiger partial charge in [0.15, 0.2) is 0 Å². The van der Waals surface area contributed by atoms with Crippen molar-refractivity contribution in [2.45, 2.75) is 25.7 Å². The smallest absolute Gasteiger partial charge is 0.383 e. The molecule has 2 aromatic carbocycles. The van der Waals surface area contributed by atoms with Gasteiger partial charge in [0.25, 0.3) is 11.8 Å². The summed E-state index contributed by atoms with van der Waals surface area (Å²) in [5.41, 5.74) is -0.581. The van der Waals surface area contributed by atoms with E-state index in [1.165, 1.54) is 7.11 Å². The Kier molecular flexibility index (Phi) is 5.61. The van der Waals surface area contributed by atoms with Crippen LogP contribution < -0.4 is 5.32 Å². The van der Waals surface area contributed by atoms with Crippen LogP contribution >= 0.6 is 0 Å². The third kappa shape index (κ3) is 4.09. The number of anilines is 1. The SMILES string of the molecule is COCC(C)N1Cc2c(NC(=O)c3ccc(F)c(C(F)(F)F)c3)cccc2C1=O. The Morgan fingerprint density at radius 2 is 2.00 bits per heavy atom. The first-order valence-corrected chi connectivity index (χ1v) is 8.73. The molecular weight excluding hydrogens is 392 g/mol. The standard InChI is InChI=1S/C20H18F4N2O3/c1-11(10-29-2)26-9-14-13(19(26)28)4-3-5-17(14)25-18(27)12-6-7-16(21)15(8-12)20(22,23)24/h3-8,11H,9-10H2,1-2H3,(H,25,27). The number of amides is 2. The van der Waals surface area contributed by atoms with Gasteiger partial charge in [0.1, 0.15) is 5.82 Å². The number of halogens is 4. The Morgan fingerprint density at radius 1 is 1.28 bits per heavy atom. The molecule has 0 saturated heterocycles. The molecule has 1 unspecified atom stereocenters. The molecule has 0 aromatic heterocycles. The van der Waals surface area contributed by atoms with Gasteiger partial charge < -0.3 is 15.0 Å². The fourth-order valence-corrected chi connectivity index (χ4v) is 3.24. The number of methoxy groups -OCH3 is 1. The average Bonchev–Trinajstić information content (AvgIpc) is 2.99. The number of fused-ring (bicyclic) bond motifs is 1. The molecule has 1 aliphatic heterocycles. The minimum Gasteiger partial charge on any atom is -0.383 e. The van der Waals surface area contributed by atoms with Crippen molar-refractivity contribution in [3.05, 3.63) is 64.5 Å². The quantitative estimate of drug-likeness (QED) is 0.756. The van der Waals surface area contributed by atoms with Crippen molar-refractivity contribution in [3.63, 3.8) is 0 Å². The topological polar surface area (TPSA) is 58.6 Å². The Labute approximate surface area is 164 Å². The molecule has 0 bridgehead atoms. The molecule has 1 aliphatic rings. The van der Waals surface area contributed by atoms with Gasteiger partial charge in [-0.1, -0.05) is 6.07 Å². The van der Waals surface area contributed by atoms with Crippen LogP contribution in [0.3, 0.4) is 0 Å². The van der Waals surface area contributed by atoms with E-state index in [0.29, 0.717) is 35.6 Å². The van der Waals surface area contributed by atoms with E-state index in [2.05, 4.69) is 5.32 Å². The molecule has 0 fully saturated rings. The molecule has 3 rings (SSSR count). The third-order valence-electron chi connectivity index (χ3n) is 4.72. The highest BCUT2D eigenvalue weighted by atomic mass is 19.4. The second kappa shape index (κ2) is 7.82. The Morgan fingerprint density at radius 3 is 2.66 bits per heavy atom. The molecule has 0 spiro atoms. The van der Waals surface area contributed by atoms with Crippen LogP contribution in [-0.2, 0) is 17.5 Å². The van der Waals surface area contributed by atoms with Gasteiger partial charge in [-0.25, -0.2) is 4.39 Å². The van der Waals surface area contributed by atoms with Crippen molar-refractivity contribution in [2.75, 3.05) is 19.0 Å². The lowest BCUT2D eigenvalue weighted by molar-refractivity contribution is -0.140. The van der Waals surface area contributed by atoms with Crippen LogP contribution in [0.1, 0.15) is 38.8 Å². The van der Waals surface area contributed by atoms with Gasteiger partial charge >= 0.3 is 6.18 Å². The molecule has 29 heavy (non-hydrogen) atoms. The van der Waals surface area contributed by atoms with Gasteiger partial charge in [-0.3, -0.25) is 9.59 Å². The van der Waals surface area contributed by atoms with Gasteiger partial charge in [-0.2, -0.15) is 13.2 Å². The summed E-state index contributed by atoms with van der Waals surface area (Å²) < 4.78 is 57.2. The molecule has 0 radical (unpaired) electrons. The lowest BCUT2D eigenvalue weighted by Gasteiger charge is -2.23. The summed E-state index contributed by atoms with van der Waals surface area (Å²) in [5.74, 6) is -2.51. The first kappa shape index (κ1) is 20.8. The van der Waals surface area contributed by atoms with E-state index in [-0.39, 0.29) is 24.1 Å². The maximum Gasteiger partial charge on any atom is 0.419 e. The molecule has 0 aliphatic carbocycles. The first-order chi connectivity index (χ1) is 13.6. The molecule has 154 valence electrons. The predicted molar refractivity (Wildman–Crippen MR) is 97.0 cm³/mol. The molecule has 1 atom stereocenters. The van der Waals surface area contributed by atoms with Gasteiger partial charge in [0.2, 0.25) is 0 Å². The predicted octanol–water partition coefficient (Wildman–Crippen LogP) is 4.09. The zero-order chi connectivity index (χ0) is 21.3. The number of nitrogens with zero attached hydrogens (tertiary/aromatic N) is 1. The second-order valence-electron chi connectivity index (χ2n) is 6.72. The number of hydrogen-bond donors (Lipinski definition) is 1. The van der Waals surface area contributed by atoms with Crippen LogP contribution in [-0.4, -0.2) is 36.5 Å². The molecule has 9 heteroatoms. The van der Waals surface area contributed by atoms with E-state index >= 15 is 0 Å². The van der Waals surface area contributed by atoms with E-state index in [9.17, 15) is 27.2 Å². The van der Waals surface area contributed by atoms with Crippen molar-refractivity contribution in [3.8, 4) is 0 Å². The summed E-state index contributed by atoms with van der Waals surface area (Å²) >= 11 is 0. The van der Waals surface area contributed by atoms with Crippen LogP contribution in [0, 0.1) is 5.82 Å². The number of ether oxygens (including phenoxy) is 1. The van der Waals surface area contributed by atoms with Crippen molar-refractivity contribution in [1.29, 1.82) is 0 Å². The van der Waals surface area contributed by atoms with Gasteiger partial charge in [0.05, 0.1) is 18.2 Å². The van der Waals surface area contributed by atoms with Crippen LogP contribution in [0.4, 0.5) is 23.2 Å². The fraction of sp³-hybridized carbons (Fsp3) is 0.300. The summed E-state index contributed by atoms with van der Waals surface area (Å²) in [6.07, 6.45) is -4.92. The van der Waals surface area contributed by atoms with Gasteiger partial charge in [-0.15, -0.1) is 0 Å². The highest BCUT2D eigenvalue weighted by molar-refractivity contribution is 6.07. The summed E-state index contributed by atoms with van der Waals surface area (Å²) in [4.78, 5) is 26.7. The molecular formula is C20H18F4N2O3. The number of carbonyl (C=O) groups is 2. The van der Waals surface area contributed by atoms with Crippen molar-refractivity contribution >= 4 is 17.5 Å². The van der Waals surface area contributed by atoms with Crippen molar-refractivity contribution in [1.82, 2.24) is 4.90 Å². The van der Waals surface area contributed by atoms with Gasteiger partial charge in [-0.05, 0) is 37.3 Å². The maximum atomic E-state index is 13.5. The summed E-state index contributed by atoms with van der Waals surface area (Å²) in [6.45, 7) is 2.38. The summed E-state index contributed by atoms with van der Waals surface area (Å²) in [5, 5.41) is 2.53. The summed E-state index contributed by atoms with van der Waals surface area (Å²) in [6, 6.07) is 6.59. The second-order valence-corrected chi connectivity index (χ2v) is 6.72. The monoisotopic (exact) mass is 410 g/mol. The van der Waals surface area contributed by atoms with Crippen molar-refractivity contribution < 1.29 is 31.9 Å². The molecule has 1 N–H and O–H groups in total. The molecule has 1 heterocycles. The molecule has 2 aromatic rings. The maximum absolute atomic E-state index is 13.5. The molecule has 0 saturated carbocycles. The fourth-order valence-electron chi connectivity index (χ4n) is 3.24. The van der Waals surface area contributed by atoms with E-state index in [1.54, 1.807) is 23.1 Å². The highest BCUT2D eigenvalue weighted by Gasteiger charge is 2.35. The number of benzene rings is 2. The Balaban J connectivity index is 1.87. The van der Waals surface area contributed by atoms with E-state index in [1.807, 2.05) is 6.92 Å². The number of rotatable bonds is 5. The minimum atomic E-state index is -4.92. The highest BCUT2D eigenvalue weighted by Crippen LogP contribution is 2.33. The van der Waals surface area contributed by atoms with E-state index in [4.69, 9.17) is 4.74 Å². The van der Waals surface area contributed by atoms with Crippen molar-refractivity contribution in [2.24, 2.45) is 0 Å². The van der Waals surface area contributed by atoms with Crippen LogP contribution in [0.5, 0.6) is 0 Å². The molecule has 2 amide bonds. The largest absolute Gasteiger partial charge is 0.419 e. The molecule has 5 nitrogen and oxygen atoms in total. The number of alkyl halides is 3. The summed E-state index contributed by atoms with van der Waals surface area (Å²) in [7, 11) is 1.52. The normalized spacial score (nSPS) is 14.7. The lowest BCUT2D eigenvalue weighted by atomic mass is 10.1. The Bertz CT molecular complexity index is 959. The number of nitrogens with one attached hydrogen (secondary N) is 1. The average molecular weight is 410 g/mol. The third-order valence-corrected chi connectivity index (χ3v) is 4.72. The lowest BCUT2D eigenvalue weighted by Crippen LogP contribution is -2.36.